The fourth-order valence-corrected chi connectivity index (χ4v) is 5.91. The average molecular weight is 384 g/mol. The van der Waals surface area contributed by atoms with Crippen molar-refractivity contribution in [1.29, 1.82) is 0 Å². The van der Waals surface area contributed by atoms with E-state index in [0.717, 1.165) is 23.7 Å². The van der Waals surface area contributed by atoms with Gasteiger partial charge < -0.3 is 0 Å². The maximum atomic E-state index is 4.88. The van der Waals surface area contributed by atoms with Crippen LogP contribution in [0.1, 0.15) is 127 Å². The number of hydrogen-bond acceptors (Lipinski definition) is 1. The highest BCUT2D eigenvalue weighted by molar-refractivity contribution is 5.17. The summed E-state index contributed by atoms with van der Waals surface area (Å²) in [5, 5.41) is 0. The van der Waals surface area contributed by atoms with Crippen LogP contribution in [0.15, 0.2) is 18.3 Å². The van der Waals surface area contributed by atoms with Crippen molar-refractivity contribution in [3.05, 3.63) is 29.6 Å². The van der Waals surface area contributed by atoms with Gasteiger partial charge in [-0.1, -0.05) is 71.3 Å². The molecule has 0 spiro atoms. The van der Waals surface area contributed by atoms with E-state index in [1.54, 1.807) is 0 Å². The summed E-state index contributed by atoms with van der Waals surface area (Å²) in [6.07, 6.45) is 24.8. The summed E-state index contributed by atoms with van der Waals surface area (Å²) in [5.41, 5.74) is 2.81. The fourth-order valence-electron chi connectivity index (χ4n) is 5.91. The van der Waals surface area contributed by atoms with E-state index < -0.39 is 0 Å². The van der Waals surface area contributed by atoms with Crippen LogP contribution in [0.2, 0.25) is 0 Å². The first-order chi connectivity index (χ1) is 13.8. The van der Waals surface area contributed by atoms with Gasteiger partial charge in [0.25, 0.3) is 0 Å². The smallest absolute Gasteiger partial charge is 0.0434 e. The van der Waals surface area contributed by atoms with Gasteiger partial charge in [-0.05, 0) is 80.8 Å². The predicted octanol–water partition coefficient (Wildman–Crippen LogP) is 8.47. The van der Waals surface area contributed by atoms with Crippen molar-refractivity contribution in [1.82, 2.24) is 4.98 Å². The molecule has 0 aromatic carbocycles. The quantitative estimate of drug-likeness (QED) is 0.369. The van der Waals surface area contributed by atoms with Gasteiger partial charge in [-0.15, -0.1) is 0 Å². The molecule has 0 saturated heterocycles. The van der Waals surface area contributed by atoms with Crippen molar-refractivity contribution >= 4 is 0 Å². The molecule has 0 radical (unpaired) electrons. The van der Waals surface area contributed by atoms with E-state index in [-0.39, 0.29) is 0 Å². The molecule has 2 fully saturated rings. The Morgan fingerprint density at radius 3 is 2.04 bits per heavy atom. The summed E-state index contributed by atoms with van der Waals surface area (Å²) in [5.74, 6) is 3.84. The zero-order valence-electron chi connectivity index (χ0n) is 18.8. The molecule has 0 aliphatic heterocycles. The molecule has 1 heterocycles. The van der Waals surface area contributed by atoms with Gasteiger partial charge in [0, 0.05) is 17.8 Å². The van der Waals surface area contributed by atoms with Crippen LogP contribution in [0.3, 0.4) is 0 Å². The Balaban J connectivity index is 1.38. The SMILES string of the molecule is CCCCCCc1ccc(C2CCC([C@H]3CC[C@H](CCCC)CC3)CC2)nc1. The van der Waals surface area contributed by atoms with Crippen LogP contribution in [0, 0.1) is 17.8 Å². The summed E-state index contributed by atoms with van der Waals surface area (Å²) in [6, 6.07) is 4.71. The van der Waals surface area contributed by atoms with Gasteiger partial charge in [-0.3, -0.25) is 4.98 Å². The predicted molar refractivity (Wildman–Crippen MR) is 122 cm³/mol. The van der Waals surface area contributed by atoms with E-state index in [0.29, 0.717) is 0 Å². The maximum absolute atomic E-state index is 4.88. The van der Waals surface area contributed by atoms with Crippen molar-refractivity contribution in [3.8, 4) is 0 Å². The molecule has 0 N–H and O–H groups in total. The van der Waals surface area contributed by atoms with Gasteiger partial charge in [-0.2, -0.15) is 0 Å². The Kier molecular flexibility index (Phi) is 9.35. The molecule has 2 saturated carbocycles. The summed E-state index contributed by atoms with van der Waals surface area (Å²) >= 11 is 0. The molecular weight excluding hydrogens is 338 g/mol. The molecule has 2 aliphatic rings. The number of unbranched alkanes of at least 4 members (excludes halogenated alkanes) is 4. The van der Waals surface area contributed by atoms with Gasteiger partial charge >= 0.3 is 0 Å². The minimum absolute atomic E-state index is 0.728. The van der Waals surface area contributed by atoms with E-state index in [2.05, 4.69) is 32.2 Å². The maximum Gasteiger partial charge on any atom is 0.0434 e. The lowest BCUT2D eigenvalue weighted by atomic mass is 9.68. The highest BCUT2D eigenvalue weighted by atomic mass is 14.7. The topological polar surface area (TPSA) is 12.9 Å². The third kappa shape index (κ3) is 6.60. The lowest BCUT2D eigenvalue weighted by Gasteiger charge is -2.37. The second-order valence-corrected chi connectivity index (χ2v) is 9.94. The number of hydrogen-bond donors (Lipinski definition) is 0. The number of aryl methyl sites for hydroxylation is 1. The third-order valence-electron chi connectivity index (χ3n) is 7.88. The van der Waals surface area contributed by atoms with E-state index in [4.69, 9.17) is 4.98 Å². The minimum Gasteiger partial charge on any atom is -0.261 e. The molecule has 0 amide bonds. The van der Waals surface area contributed by atoms with Gasteiger partial charge in [0.15, 0.2) is 0 Å². The van der Waals surface area contributed by atoms with Crippen molar-refractivity contribution in [2.75, 3.05) is 0 Å². The summed E-state index contributed by atoms with van der Waals surface area (Å²) in [6.45, 7) is 4.61. The lowest BCUT2D eigenvalue weighted by molar-refractivity contribution is 0.155. The molecule has 0 unspecified atom stereocenters. The largest absolute Gasteiger partial charge is 0.261 e. The molecule has 0 bridgehead atoms. The second kappa shape index (κ2) is 12.0. The van der Waals surface area contributed by atoms with Crippen LogP contribution in [0.5, 0.6) is 0 Å². The molecule has 0 atom stereocenters. The number of aromatic nitrogens is 1. The molecule has 158 valence electrons. The molecule has 1 aromatic rings. The first-order valence-corrected chi connectivity index (χ1v) is 12.7. The Morgan fingerprint density at radius 2 is 1.43 bits per heavy atom. The fraction of sp³-hybridized carbons (Fsp3) is 0.815. The van der Waals surface area contributed by atoms with Crippen LogP contribution >= 0.6 is 0 Å². The van der Waals surface area contributed by atoms with E-state index in [1.165, 1.54) is 114 Å². The number of pyridine rings is 1. The molecule has 2 aliphatic carbocycles. The molecule has 1 aromatic heterocycles. The van der Waals surface area contributed by atoms with Crippen molar-refractivity contribution in [2.45, 2.75) is 122 Å². The van der Waals surface area contributed by atoms with Gasteiger partial charge in [-0.25, -0.2) is 0 Å². The van der Waals surface area contributed by atoms with Crippen LogP contribution < -0.4 is 0 Å². The average Bonchev–Trinajstić information content (AvgIpc) is 2.76. The standard InChI is InChI=1S/C27H45N/c1-3-5-7-8-10-23-13-20-27(28-21-23)26-18-16-25(17-19-26)24-14-11-22(12-15-24)9-6-4-2/h13,20-22,24-26H,3-12,14-19H2,1-2H3/t22-,24-,25?,26?. The van der Waals surface area contributed by atoms with Gasteiger partial charge in [0.2, 0.25) is 0 Å². The Bertz CT molecular complexity index is 518. The summed E-state index contributed by atoms with van der Waals surface area (Å²) in [7, 11) is 0. The van der Waals surface area contributed by atoms with E-state index in [9.17, 15) is 0 Å². The molecule has 1 heteroatoms. The van der Waals surface area contributed by atoms with E-state index in [1.807, 2.05) is 0 Å². The van der Waals surface area contributed by atoms with Gasteiger partial charge in [0.05, 0.1) is 0 Å². The number of rotatable bonds is 10. The Hall–Kier alpha value is -0.850. The monoisotopic (exact) mass is 383 g/mol. The highest BCUT2D eigenvalue weighted by Crippen LogP contribution is 2.44. The van der Waals surface area contributed by atoms with Gasteiger partial charge in [0.1, 0.15) is 0 Å². The summed E-state index contributed by atoms with van der Waals surface area (Å²) < 4.78 is 0. The van der Waals surface area contributed by atoms with Crippen LogP contribution in [0.4, 0.5) is 0 Å². The van der Waals surface area contributed by atoms with Crippen LogP contribution in [0.25, 0.3) is 0 Å². The lowest BCUT2D eigenvalue weighted by Crippen LogP contribution is -2.25. The first kappa shape index (κ1) is 21.8. The Morgan fingerprint density at radius 1 is 0.750 bits per heavy atom. The minimum atomic E-state index is 0.728. The van der Waals surface area contributed by atoms with Crippen LogP contribution in [-0.2, 0) is 6.42 Å². The Labute approximate surface area is 175 Å². The summed E-state index contributed by atoms with van der Waals surface area (Å²) in [4.78, 5) is 4.88. The third-order valence-corrected chi connectivity index (χ3v) is 7.88. The van der Waals surface area contributed by atoms with Crippen molar-refractivity contribution in [2.24, 2.45) is 17.8 Å². The molecule has 3 rings (SSSR count). The molecule has 28 heavy (non-hydrogen) atoms. The zero-order chi connectivity index (χ0) is 19.6. The van der Waals surface area contributed by atoms with Crippen molar-refractivity contribution in [3.63, 3.8) is 0 Å². The van der Waals surface area contributed by atoms with E-state index >= 15 is 0 Å². The van der Waals surface area contributed by atoms with Crippen LogP contribution in [-0.4, -0.2) is 4.98 Å². The van der Waals surface area contributed by atoms with Crippen molar-refractivity contribution < 1.29 is 0 Å². The zero-order valence-corrected chi connectivity index (χ0v) is 18.8. The molecule has 1 nitrogen and oxygen atoms in total. The number of nitrogens with zero attached hydrogens (tertiary/aromatic N) is 1. The molecular formula is C27H45N. The second-order valence-electron chi connectivity index (χ2n) is 9.94. The normalized spacial score (nSPS) is 28.4. The first-order valence-electron chi connectivity index (χ1n) is 12.7. The highest BCUT2D eigenvalue weighted by Gasteiger charge is 2.31.